The number of likely N-dealkylation sites (N-methyl/N-ethyl adjacent to an activating group) is 1. The molecule has 156 valence electrons. The summed E-state index contributed by atoms with van der Waals surface area (Å²) in [6.45, 7) is 6.74. The summed E-state index contributed by atoms with van der Waals surface area (Å²) in [5, 5.41) is 3.18. The molecule has 1 aromatic carbocycles. The molecule has 0 bridgehead atoms. The average molecular weight is 396 g/mol. The molecule has 29 heavy (non-hydrogen) atoms. The van der Waals surface area contributed by atoms with E-state index in [1.54, 1.807) is 0 Å². The predicted octanol–water partition coefficient (Wildman–Crippen LogP) is 3.37. The van der Waals surface area contributed by atoms with E-state index in [0.717, 1.165) is 63.4 Å². The van der Waals surface area contributed by atoms with Gasteiger partial charge in [-0.2, -0.15) is 0 Å². The number of nitrogens with one attached hydrogen (secondary N) is 1. The van der Waals surface area contributed by atoms with Crippen molar-refractivity contribution in [1.82, 2.24) is 24.7 Å². The average Bonchev–Trinajstić information content (AvgIpc) is 3.13. The predicted molar refractivity (Wildman–Crippen MR) is 115 cm³/mol. The summed E-state index contributed by atoms with van der Waals surface area (Å²) >= 11 is 0. The molecule has 0 radical (unpaired) electrons. The number of carbonyl (C=O) groups excluding carboxylic acids is 1. The van der Waals surface area contributed by atoms with E-state index >= 15 is 0 Å². The van der Waals surface area contributed by atoms with Crippen molar-refractivity contribution in [2.75, 3.05) is 26.7 Å². The van der Waals surface area contributed by atoms with Crippen LogP contribution in [0.3, 0.4) is 0 Å². The molecule has 1 fully saturated rings. The highest BCUT2D eigenvalue weighted by molar-refractivity contribution is 5.74. The molecular weight excluding hydrogens is 362 g/mol. The lowest BCUT2D eigenvalue weighted by molar-refractivity contribution is 0.121. The van der Waals surface area contributed by atoms with E-state index in [2.05, 4.69) is 56.3 Å². The van der Waals surface area contributed by atoms with Gasteiger partial charge in [0.05, 0.1) is 5.69 Å². The second-order valence-corrected chi connectivity index (χ2v) is 8.59. The van der Waals surface area contributed by atoms with Gasteiger partial charge in [0.25, 0.3) is 0 Å². The first kappa shape index (κ1) is 20.0. The molecule has 0 spiro atoms. The van der Waals surface area contributed by atoms with Gasteiger partial charge in [-0.05, 0) is 44.7 Å². The Morgan fingerprint density at radius 1 is 1.21 bits per heavy atom. The zero-order chi connectivity index (χ0) is 20.2. The molecule has 2 atom stereocenters. The molecule has 2 aliphatic heterocycles. The monoisotopic (exact) mass is 395 g/mol. The number of carbonyl (C=O) groups is 1. The van der Waals surface area contributed by atoms with E-state index in [0.29, 0.717) is 12.5 Å². The summed E-state index contributed by atoms with van der Waals surface area (Å²) in [6, 6.07) is 10.9. The summed E-state index contributed by atoms with van der Waals surface area (Å²) in [5.74, 6) is 1.44. The molecule has 2 unspecified atom stereocenters. The van der Waals surface area contributed by atoms with Crippen LogP contribution in [0.5, 0.6) is 0 Å². The van der Waals surface area contributed by atoms with Gasteiger partial charge in [-0.25, -0.2) is 9.78 Å². The topological polar surface area (TPSA) is 53.4 Å². The molecule has 2 aliphatic rings. The quantitative estimate of drug-likeness (QED) is 0.844. The molecule has 1 saturated heterocycles. The number of imidazole rings is 1. The van der Waals surface area contributed by atoms with Gasteiger partial charge in [-0.1, -0.05) is 30.3 Å². The van der Waals surface area contributed by atoms with Crippen molar-refractivity contribution in [3.8, 4) is 0 Å². The van der Waals surface area contributed by atoms with E-state index in [-0.39, 0.29) is 12.1 Å². The van der Waals surface area contributed by atoms with Crippen molar-refractivity contribution >= 4 is 6.03 Å². The minimum absolute atomic E-state index is 0.0389. The van der Waals surface area contributed by atoms with Crippen LogP contribution in [-0.4, -0.2) is 58.1 Å². The van der Waals surface area contributed by atoms with Crippen molar-refractivity contribution < 1.29 is 4.79 Å². The maximum absolute atomic E-state index is 12.8. The molecule has 0 saturated carbocycles. The third kappa shape index (κ3) is 4.81. The van der Waals surface area contributed by atoms with Crippen LogP contribution < -0.4 is 5.32 Å². The van der Waals surface area contributed by atoms with Gasteiger partial charge < -0.3 is 14.8 Å². The van der Waals surface area contributed by atoms with Gasteiger partial charge in [0.15, 0.2) is 0 Å². The maximum atomic E-state index is 12.8. The summed E-state index contributed by atoms with van der Waals surface area (Å²) < 4.78 is 2.25. The molecule has 1 N–H and O–H groups in total. The van der Waals surface area contributed by atoms with Crippen LogP contribution in [0.2, 0.25) is 0 Å². The Morgan fingerprint density at radius 3 is 2.83 bits per heavy atom. The zero-order valence-corrected chi connectivity index (χ0v) is 17.7. The van der Waals surface area contributed by atoms with Gasteiger partial charge in [0.1, 0.15) is 5.82 Å². The molecule has 0 aliphatic carbocycles. The molecule has 6 nitrogen and oxygen atoms in total. The van der Waals surface area contributed by atoms with Crippen molar-refractivity contribution in [3.63, 3.8) is 0 Å². The highest BCUT2D eigenvalue weighted by Crippen LogP contribution is 2.26. The molecular formula is C23H33N5O. The lowest BCUT2D eigenvalue weighted by Crippen LogP contribution is -2.51. The smallest absolute Gasteiger partial charge is 0.317 e. The SMILES string of the molecule is Cc1cn2c(n1)C(CNC(=O)N(C)C1CCCN(Cc3ccccc3)C1)CCC2. The van der Waals surface area contributed by atoms with Gasteiger partial charge >= 0.3 is 6.03 Å². The summed E-state index contributed by atoms with van der Waals surface area (Å²) in [4.78, 5) is 21.9. The fraction of sp³-hybridized carbons (Fsp3) is 0.565. The first-order valence-electron chi connectivity index (χ1n) is 10.9. The van der Waals surface area contributed by atoms with Gasteiger partial charge in [-0.15, -0.1) is 0 Å². The maximum Gasteiger partial charge on any atom is 0.317 e. The number of nitrogens with zero attached hydrogens (tertiary/aromatic N) is 4. The fourth-order valence-electron chi connectivity index (χ4n) is 4.73. The van der Waals surface area contributed by atoms with E-state index in [4.69, 9.17) is 0 Å². The van der Waals surface area contributed by atoms with Crippen LogP contribution in [0.1, 0.15) is 48.7 Å². The van der Waals surface area contributed by atoms with Crippen molar-refractivity contribution in [2.24, 2.45) is 0 Å². The van der Waals surface area contributed by atoms with Crippen LogP contribution in [0.4, 0.5) is 4.79 Å². The Bertz CT molecular complexity index is 818. The standard InChI is InChI=1S/C23H33N5O/c1-18-15-28-13-6-10-20(22(28)25-18)14-24-23(29)26(2)21-11-7-12-27(17-21)16-19-8-4-3-5-9-19/h3-5,8-9,15,20-21H,6-7,10-14,16-17H2,1-2H3,(H,24,29). The highest BCUT2D eigenvalue weighted by Gasteiger charge is 2.28. The third-order valence-electron chi connectivity index (χ3n) is 6.34. The minimum atomic E-state index is 0.0389. The number of benzene rings is 1. The normalized spacial score (nSPS) is 22.1. The lowest BCUT2D eigenvalue weighted by Gasteiger charge is -2.38. The van der Waals surface area contributed by atoms with Gasteiger partial charge in [0.2, 0.25) is 0 Å². The molecule has 2 amide bonds. The van der Waals surface area contributed by atoms with Gasteiger partial charge in [0, 0.05) is 51.4 Å². The molecule has 4 rings (SSSR count). The number of likely N-dealkylation sites (tertiary alicyclic amines) is 1. The Hall–Kier alpha value is -2.34. The van der Waals surface area contributed by atoms with Crippen molar-refractivity contribution in [3.05, 3.63) is 53.6 Å². The second kappa shape index (κ2) is 8.99. The Labute approximate surface area is 173 Å². The fourth-order valence-corrected chi connectivity index (χ4v) is 4.73. The van der Waals surface area contributed by atoms with Gasteiger partial charge in [-0.3, -0.25) is 4.90 Å². The van der Waals surface area contributed by atoms with Crippen LogP contribution in [-0.2, 0) is 13.1 Å². The van der Waals surface area contributed by atoms with Crippen LogP contribution >= 0.6 is 0 Å². The van der Waals surface area contributed by atoms with Crippen molar-refractivity contribution in [2.45, 2.75) is 57.7 Å². The Morgan fingerprint density at radius 2 is 2.00 bits per heavy atom. The zero-order valence-electron chi connectivity index (χ0n) is 17.7. The highest BCUT2D eigenvalue weighted by atomic mass is 16.2. The Balaban J connectivity index is 1.30. The van der Waals surface area contributed by atoms with Crippen LogP contribution in [0.15, 0.2) is 36.5 Å². The Kier molecular flexibility index (Phi) is 6.19. The summed E-state index contributed by atoms with van der Waals surface area (Å²) in [5.41, 5.74) is 2.40. The number of urea groups is 1. The number of hydrogen-bond acceptors (Lipinski definition) is 3. The first-order valence-corrected chi connectivity index (χ1v) is 10.9. The minimum Gasteiger partial charge on any atom is -0.337 e. The van der Waals surface area contributed by atoms with Crippen molar-refractivity contribution in [1.29, 1.82) is 0 Å². The third-order valence-corrected chi connectivity index (χ3v) is 6.34. The number of fused-ring (bicyclic) bond motifs is 1. The number of rotatable bonds is 5. The number of hydrogen-bond donors (Lipinski definition) is 1. The van der Waals surface area contributed by atoms with E-state index in [1.165, 1.54) is 5.56 Å². The first-order chi connectivity index (χ1) is 14.1. The lowest BCUT2D eigenvalue weighted by atomic mass is 9.99. The molecule has 2 aromatic rings. The van der Waals surface area contributed by atoms with Crippen LogP contribution in [0.25, 0.3) is 0 Å². The number of piperidine rings is 1. The number of aromatic nitrogens is 2. The molecule has 3 heterocycles. The second-order valence-electron chi connectivity index (χ2n) is 8.59. The number of amides is 2. The van der Waals surface area contributed by atoms with E-state index < -0.39 is 0 Å². The van der Waals surface area contributed by atoms with Crippen LogP contribution in [0, 0.1) is 6.92 Å². The van der Waals surface area contributed by atoms with E-state index in [9.17, 15) is 4.79 Å². The summed E-state index contributed by atoms with van der Waals surface area (Å²) in [7, 11) is 1.94. The largest absolute Gasteiger partial charge is 0.337 e. The molecule has 6 heteroatoms. The number of aryl methyl sites for hydroxylation is 2. The molecule has 1 aromatic heterocycles. The van der Waals surface area contributed by atoms with E-state index in [1.807, 2.05) is 18.9 Å². The summed E-state index contributed by atoms with van der Waals surface area (Å²) in [6.07, 6.45) is 6.57.